The van der Waals surface area contributed by atoms with E-state index in [0.29, 0.717) is 5.11 Å². The van der Waals surface area contributed by atoms with Gasteiger partial charge in [0.25, 0.3) is 0 Å². The van der Waals surface area contributed by atoms with Crippen LogP contribution in [0.1, 0.15) is 13.3 Å². The first-order chi connectivity index (χ1) is 7.26. The van der Waals surface area contributed by atoms with Gasteiger partial charge in [0.1, 0.15) is 5.75 Å². The number of benzene rings is 1. The molecule has 0 spiro atoms. The zero-order chi connectivity index (χ0) is 11.1. The summed E-state index contributed by atoms with van der Waals surface area (Å²) >= 11 is 4.86. The molecule has 4 N–H and O–H groups in total. The minimum Gasteiger partial charge on any atom is -0.494 e. The maximum atomic E-state index is 5.44. The zero-order valence-corrected chi connectivity index (χ0v) is 9.43. The second-order valence-electron chi connectivity index (χ2n) is 2.97. The Bertz CT molecular complexity index is 313. The monoisotopic (exact) mass is 225 g/mol. The highest BCUT2D eigenvalue weighted by Crippen LogP contribution is 2.15. The largest absolute Gasteiger partial charge is 0.494 e. The first-order valence-electron chi connectivity index (χ1n) is 4.76. The van der Waals surface area contributed by atoms with Crippen molar-refractivity contribution in [1.29, 1.82) is 0 Å². The Balaban J connectivity index is 2.52. The number of ether oxygens (including phenoxy) is 1. The molecule has 0 atom stereocenters. The molecule has 15 heavy (non-hydrogen) atoms. The number of hydrazine groups is 1. The van der Waals surface area contributed by atoms with Gasteiger partial charge in [0.2, 0.25) is 0 Å². The van der Waals surface area contributed by atoms with Crippen molar-refractivity contribution < 1.29 is 4.74 Å². The summed E-state index contributed by atoms with van der Waals surface area (Å²) in [4.78, 5) is 0. The van der Waals surface area contributed by atoms with E-state index in [1.165, 1.54) is 0 Å². The summed E-state index contributed by atoms with van der Waals surface area (Å²) in [7, 11) is 0. The van der Waals surface area contributed by atoms with Crippen molar-refractivity contribution in [3.05, 3.63) is 24.3 Å². The van der Waals surface area contributed by atoms with Crippen molar-refractivity contribution >= 4 is 23.0 Å². The fraction of sp³-hybridized carbons (Fsp3) is 0.300. The van der Waals surface area contributed by atoms with Crippen LogP contribution in [-0.4, -0.2) is 11.7 Å². The first-order valence-corrected chi connectivity index (χ1v) is 5.17. The maximum absolute atomic E-state index is 5.44. The lowest BCUT2D eigenvalue weighted by Gasteiger charge is -2.08. The van der Waals surface area contributed by atoms with E-state index in [0.717, 1.165) is 24.5 Å². The van der Waals surface area contributed by atoms with Crippen LogP contribution in [0.15, 0.2) is 24.3 Å². The second kappa shape index (κ2) is 6.21. The normalized spacial score (nSPS) is 9.47. The molecular weight excluding hydrogens is 210 g/mol. The van der Waals surface area contributed by atoms with Crippen LogP contribution < -0.4 is 21.3 Å². The third-order valence-corrected chi connectivity index (χ3v) is 1.94. The third-order valence-electron chi connectivity index (χ3n) is 1.72. The standard InChI is InChI=1S/C10H15N3OS/c1-2-7-14-9-5-3-8(4-6-9)12-10(15)13-11/h3-6H,2,7,11H2,1H3,(H2,12,13,15). The highest BCUT2D eigenvalue weighted by atomic mass is 32.1. The lowest BCUT2D eigenvalue weighted by atomic mass is 10.3. The van der Waals surface area contributed by atoms with Crippen LogP contribution in [-0.2, 0) is 0 Å². The molecule has 0 unspecified atom stereocenters. The fourth-order valence-corrected chi connectivity index (χ4v) is 1.14. The smallest absolute Gasteiger partial charge is 0.185 e. The van der Waals surface area contributed by atoms with Gasteiger partial charge in [0.15, 0.2) is 5.11 Å². The summed E-state index contributed by atoms with van der Waals surface area (Å²) in [6, 6.07) is 7.54. The Morgan fingerprint density at radius 3 is 2.60 bits per heavy atom. The molecule has 0 fully saturated rings. The van der Waals surface area contributed by atoms with Gasteiger partial charge in [-0.3, -0.25) is 0 Å². The van der Waals surface area contributed by atoms with Crippen LogP contribution in [0, 0.1) is 0 Å². The van der Waals surface area contributed by atoms with Gasteiger partial charge in [-0.2, -0.15) is 0 Å². The van der Waals surface area contributed by atoms with Crippen LogP contribution >= 0.6 is 12.2 Å². The van der Waals surface area contributed by atoms with E-state index in [2.05, 4.69) is 17.7 Å². The SMILES string of the molecule is CCCOc1ccc(NC(=S)NN)cc1. The molecule has 0 aliphatic rings. The maximum Gasteiger partial charge on any atom is 0.185 e. The Hall–Kier alpha value is -1.33. The summed E-state index contributed by atoms with van der Waals surface area (Å²) in [5, 5.41) is 3.30. The Morgan fingerprint density at radius 2 is 2.07 bits per heavy atom. The van der Waals surface area contributed by atoms with Crippen molar-refractivity contribution in [3.63, 3.8) is 0 Å². The molecular formula is C10H15N3OS. The Morgan fingerprint density at radius 1 is 1.40 bits per heavy atom. The number of thiocarbonyl (C=S) groups is 1. The highest BCUT2D eigenvalue weighted by molar-refractivity contribution is 7.80. The second-order valence-corrected chi connectivity index (χ2v) is 3.38. The molecule has 1 aromatic rings. The molecule has 4 nitrogen and oxygen atoms in total. The van der Waals surface area contributed by atoms with Crippen molar-refractivity contribution in [1.82, 2.24) is 5.43 Å². The minimum atomic E-state index is 0.386. The molecule has 0 heterocycles. The van der Waals surface area contributed by atoms with E-state index >= 15 is 0 Å². The highest BCUT2D eigenvalue weighted by Gasteiger charge is 1.96. The van der Waals surface area contributed by atoms with Gasteiger partial charge in [-0.15, -0.1) is 0 Å². The molecule has 0 saturated heterocycles. The summed E-state index contributed by atoms with van der Waals surface area (Å²) in [5.41, 5.74) is 3.23. The van der Waals surface area contributed by atoms with E-state index < -0.39 is 0 Å². The Kier molecular flexibility index (Phi) is 4.86. The van der Waals surface area contributed by atoms with Crippen molar-refractivity contribution in [3.8, 4) is 5.75 Å². The van der Waals surface area contributed by atoms with E-state index in [9.17, 15) is 0 Å². The van der Waals surface area contributed by atoms with Crippen LogP contribution in [0.2, 0.25) is 0 Å². The van der Waals surface area contributed by atoms with Gasteiger partial charge < -0.3 is 15.5 Å². The topological polar surface area (TPSA) is 59.3 Å². The van der Waals surface area contributed by atoms with Crippen molar-refractivity contribution in [2.75, 3.05) is 11.9 Å². The van der Waals surface area contributed by atoms with Crippen LogP contribution in [0.4, 0.5) is 5.69 Å². The van der Waals surface area contributed by atoms with Gasteiger partial charge >= 0.3 is 0 Å². The van der Waals surface area contributed by atoms with E-state index in [1.54, 1.807) is 0 Å². The summed E-state index contributed by atoms with van der Waals surface area (Å²) in [6.07, 6.45) is 1.00. The third kappa shape index (κ3) is 4.14. The van der Waals surface area contributed by atoms with Gasteiger partial charge in [-0.05, 0) is 42.9 Å². The number of hydrogen-bond acceptors (Lipinski definition) is 3. The number of nitrogens with one attached hydrogen (secondary N) is 2. The van der Waals surface area contributed by atoms with Crippen LogP contribution in [0.3, 0.4) is 0 Å². The van der Waals surface area contributed by atoms with Crippen molar-refractivity contribution in [2.24, 2.45) is 5.84 Å². The lowest BCUT2D eigenvalue weighted by molar-refractivity contribution is 0.317. The van der Waals surface area contributed by atoms with Crippen molar-refractivity contribution in [2.45, 2.75) is 13.3 Å². The molecule has 82 valence electrons. The number of hydrogen-bond donors (Lipinski definition) is 3. The number of nitrogens with two attached hydrogens (primary N) is 1. The predicted octanol–water partition coefficient (Wildman–Crippen LogP) is 1.64. The van der Waals surface area contributed by atoms with Gasteiger partial charge in [0.05, 0.1) is 6.61 Å². The molecule has 0 aliphatic heterocycles. The zero-order valence-electron chi connectivity index (χ0n) is 8.62. The molecule has 0 aliphatic carbocycles. The summed E-state index contributed by atoms with van der Waals surface area (Å²) in [5.74, 6) is 5.99. The quantitative estimate of drug-likeness (QED) is 0.413. The van der Waals surface area contributed by atoms with E-state index in [-0.39, 0.29) is 0 Å². The van der Waals surface area contributed by atoms with E-state index in [1.807, 2.05) is 24.3 Å². The fourth-order valence-electron chi connectivity index (χ4n) is 1.02. The molecule has 0 saturated carbocycles. The van der Waals surface area contributed by atoms with Crippen LogP contribution in [0.5, 0.6) is 5.75 Å². The van der Waals surface area contributed by atoms with Crippen LogP contribution in [0.25, 0.3) is 0 Å². The van der Waals surface area contributed by atoms with Gasteiger partial charge in [-0.1, -0.05) is 6.92 Å². The molecule has 1 rings (SSSR count). The minimum absolute atomic E-state index is 0.386. The van der Waals surface area contributed by atoms with E-state index in [4.69, 9.17) is 22.8 Å². The number of anilines is 1. The molecule has 0 aromatic heterocycles. The number of rotatable bonds is 4. The average molecular weight is 225 g/mol. The lowest BCUT2D eigenvalue weighted by Crippen LogP contribution is -2.34. The Labute approximate surface area is 94.8 Å². The molecule has 0 radical (unpaired) electrons. The molecule has 5 heteroatoms. The molecule has 0 amide bonds. The molecule has 1 aromatic carbocycles. The summed E-state index contributed by atoms with van der Waals surface area (Å²) in [6.45, 7) is 2.80. The predicted molar refractivity (Wildman–Crippen MR) is 65.8 cm³/mol. The van der Waals surface area contributed by atoms with Gasteiger partial charge in [0, 0.05) is 5.69 Å². The molecule has 0 bridgehead atoms. The summed E-state index contributed by atoms with van der Waals surface area (Å²) < 4.78 is 5.44. The van der Waals surface area contributed by atoms with Gasteiger partial charge in [-0.25, -0.2) is 5.84 Å². The average Bonchev–Trinajstić information content (AvgIpc) is 2.28. The first kappa shape index (κ1) is 11.7.